The lowest BCUT2D eigenvalue weighted by Gasteiger charge is -2.10. The topological polar surface area (TPSA) is 86.6 Å². The molecule has 17 heavy (non-hydrogen) atoms. The molecule has 1 rings (SSSR count). The van der Waals surface area contributed by atoms with Crippen LogP contribution in [0.5, 0.6) is 0 Å². The number of aliphatic carboxylic acids is 1. The molecule has 1 unspecified atom stereocenters. The lowest BCUT2D eigenvalue weighted by molar-refractivity contribution is -0.150. The summed E-state index contributed by atoms with van der Waals surface area (Å²) >= 11 is 0. The summed E-state index contributed by atoms with van der Waals surface area (Å²) in [5.74, 6) is -2.64. The number of nitrogens with one attached hydrogen (secondary N) is 1. The predicted molar refractivity (Wildman–Crippen MR) is 61.4 cm³/mol. The summed E-state index contributed by atoms with van der Waals surface area (Å²) in [6.07, 6.45) is 0.424. The average molecular weight is 237 g/mol. The van der Waals surface area contributed by atoms with Crippen molar-refractivity contribution in [2.75, 3.05) is 6.54 Å². The van der Waals surface area contributed by atoms with E-state index in [1.165, 1.54) is 0 Å². The highest BCUT2D eigenvalue weighted by Crippen LogP contribution is 2.04. The molecule has 0 fully saturated rings. The first-order valence-electron chi connectivity index (χ1n) is 5.32. The predicted octanol–water partition coefficient (Wildman–Crippen LogP) is 0.181. The van der Waals surface area contributed by atoms with E-state index >= 15 is 0 Å². The number of hydrogen-bond acceptors (Lipinski definition) is 3. The number of carboxylic acids is 1. The Bertz CT molecular complexity index is 377. The number of carbonyl (C=O) groups is 2. The van der Waals surface area contributed by atoms with Crippen LogP contribution in [-0.2, 0) is 16.0 Å². The van der Waals surface area contributed by atoms with E-state index in [1.54, 1.807) is 0 Å². The van der Waals surface area contributed by atoms with Crippen molar-refractivity contribution in [3.05, 3.63) is 35.9 Å². The summed E-state index contributed by atoms with van der Waals surface area (Å²) in [4.78, 5) is 20.9. The van der Waals surface area contributed by atoms with Gasteiger partial charge in [0.25, 0.3) is 0 Å². The van der Waals surface area contributed by atoms with Crippen molar-refractivity contribution < 1.29 is 19.8 Å². The van der Waals surface area contributed by atoms with Crippen LogP contribution in [0.2, 0.25) is 0 Å². The second-order valence-electron chi connectivity index (χ2n) is 3.69. The minimum Gasteiger partial charge on any atom is -0.474 e. The first-order valence-corrected chi connectivity index (χ1v) is 5.32. The molecule has 0 heterocycles. The minimum absolute atomic E-state index is 0.0437. The van der Waals surface area contributed by atoms with Gasteiger partial charge in [0, 0.05) is 6.54 Å². The zero-order chi connectivity index (χ0) is 12.7. The van der Waals surface area contributed by atoms with E-state index in [9.17, 15) is 14.7 Å². The Balaban J connectivity index is 2.24. The van der Waals surface area contributed by atoms with Gasteiger partial charge in [-0.15, -0.1) is 0 Å². The van der Waals surface area contributed by atoms with Crippen LogP contribution in [-0.4, -0.2) is 34.7 Å². The SMILES string of the molecule is O=C(O)C(=O)NCC(O)CCc1ccccc1. The van der Waals surface area contributed by atoms with Gasteiger partial charge in [0.15, 0.2) is 0 Å². The molecular weight excluding hydrogens is 222 g/mol. The normalized spacial score (nSPS) is 11.8. The second kappa shape index (κ2) is 6.65. The Morgan fingerprint density at radius 2 is 1.88 bits per heavy atom. The molecule has 5 heteroatoms. The number of aliphatic hydroxyl groups excluding tert-OH is 1. The summed E-state index contributed by atoms with van der Waals surface area (Å²) < 4.78 is 0. The largest absolute Gasteiger partial charge is 0.474 e. The Morgan fingerprint density at radius 3 is 2.47 bits per heavy atom. The molecule has 0 aliphatic heterocycles. The number of benzene rings is 1. The van der Waals surface area contributed by atoms with Gasteiger partial charge < -0.3 is 15.5 Å². The van der Waals surface area contributed by atoms with Gasteiger partial charge in [0.2, 0.25) is 0 Å². The molecule has 0 aliphatic carbocycles. The van der Waals surface area contributed by atoms with Crippen LogP contribution in [0.3, 0.4) is 0 Å². The number of aryl methyl sites for hydroxylation is 1. The number of carbonyl (C=O) groups excluding carboxylic acids is 1. The van der Waals surface area contributed by atoms with Gasteiger partial charge in [-0.05, 0) is 18.4 Å². The standard InChI is InChI=1S/C12H15NO4/c14-10(8-13-11(15)12(16)17)7-6-9-4-2-1-3-5-9/h1-5,10,14H,6-8H2,(H,13,15)(H,16,17). The monoisotopic (exact) mass is 237 g/mol. The average Bonchev–Trinajstić information content (AvgIpc) is 2.34. The van der Waals surface area contributed by atoms with Gasteiger partial charge in [0.1, 0.15) is 0 Å². The number of hydrogen-bond donors (Lipinski definition) is 3. The Morgan fingerprint density at radius 1 is 1.24 bits per heavy atom. The molecule has 0 aliphatic rings. The minimum atomic E-state index is -1.54. The zero-order valence-electron chi connectivity index (χ0n) is 9.30. The molecule has 92 valence electrons. The van der Waals surface area contributed by atoms with Crippen molar-refractivity contribution in [1.82, 2.24) is 5.32 Å². The zero-order valence-corrected chi connectivity index (χ0v) is 9.30. The molecule has 3 N–H and O–H groups in total. The van der Waals surface area contributed by atoms with Crippen LogP contribution in [0, 0.1) is 0 Å². The maximum Gasteiger partial charge on any atom is 0.394 e. The lowest BCUT2D eigenvalue weighted by Crippen LogP contribution is -2.36. The number of rotatable bonds is 5. The van der Waals surface area contributed by atoms with Crippen LogP contribution in [0.1, 0.15) is 12.0 Å². The molecule has 0 saturated carbocycles. The van der Waals surface area contributed by atoms with Crippen molar-refractivity contribution in [3.63, 3.8) is 0 Å². The maximum atomic E-state index is 10.7. The lowest BCUT2D eigenvalue weighted by atomic mass is 10.1. The number of amides is 1. The summed E-state index contributed by atoms with van der Waals surface area (Å²) in [6, 6.07) is 9.62. The van der Waals surface area contributed by atoms with Crippen LogP contribution < -0.4 is 5.32 Å². The van der Waals surface area contributed by atoms with Crippen molar-refractivity contribution >= 4 is 11.9 Å². The van der Waals surface area contributed by atoms with Crippen molar-refractivity contribution in [1.29, 1.82) is 0 Å². The third-order valence-electron chi connectivity index (χ3n) is 2.30. The molecular formula is C12H15NO4. The molecule has 1 atom stereocenters. The fraction of sp³-hybridized carbons (Fsp3) is 0.333. The quantitative estimate of drug-likeness (QED) is 0.638. The third-order valence-corrected chi connectivity index (χ3v) is 2.30. The van der Waals surface area contributed by atoms with Gasteiger partial charge in [-0.1, -0.05) is 30.3 Å². The van der Waals surface area contributed by atoms with Gasteiger partial charge in [0.05, 0.1) is 6.10 Å². The van der Waals surface area contributed by atoms with E-state index in [1.807, 2.05) is 30.3 Å². The van der Waals surface area contributed by atoms with Crippen molar-refractivity contribution in [2.45, 2.75) is 18.9 Å². The number of carboxylic acid groups (broad SMARTS) is 1. The highest BCUT2D eigenvalue weighted by molar-refractivity contribution is 6.31. The van der Waals surface area contributed by atoms with E-state index in [0.29, 0.717) is 12.8 Å². The van der Waals surface area contributed by atoms with Crippen molar-refractivity contribution in [3.8, 4) is 0 Å². The Kier molecular flexibility index (Phi) is 5.16. The first kappa shape index (κ1) is 13.2. The first-order chi connectivity index (χ1) is 8.09. The van der Waals surface area contributed by atoms with Crippen LogP contribution in [0.15, 0.2) is 30.3 Å². The summed E-state index contributed by atoms with van der Waals surface area (Å²) in [6.45, 7) is -0.0437. The van der Waals surface area contributed by atoms with Crippen molar-refractivity contribution in [2.24, 2.45) is 0 Å². The molecule has 0 aromatic heterocycles. The van der Waals surface area contributed by atoms with Crippen LogP contribution in [0.4, 0.5) is 0 Å². The molecule has 1 amide bonds. The summed E-state index contributed by atoms with van der Waals surface area (Å²) in [5.41, 5.74) is 1.09. The maximum absolute atomic E-state index is 10.7. The molecule has 1 aromatic rings. The fourth-order valence-electron chi connectivity index (χ4n) is 1.37. The van der Waals surface area contributed by atoms with E-state index in [0.717, 1.165) is 5.56 Å². The molecule has 5 nitrogen and oxygen atoms in total. The van der Waals surface area contributed by atoms with Gasteiger partial charge in [-0.2, -0.15) is 0 Å². The highest BCUT2D eigenvalue weighted by atomic mass is 16.4. The van der Waals surface area contributed by atoms with E-state index in [4.69, 9.17) is 5.11 Å². The van der Waals surface area contributed by atoms with Crippen LogP contribution in [0.25, 0.3) is 0 Å². The molecule has 1 aromatic carbocycles. The molecule has 0 bridgehead atoms. The Labute approximate surface area is 99.1 Å². The van der Waals surface area contributed by atoms with Gasteiger partial charge >= 0.3 is 11.9 Å². The summed E-state index contributed by atoms with van der Waals surface area (Å²) in [5, 5.41) is 20.0. The fourth-order valence-corrected chi connectivity index (χ4v) is 1.37. The van der Waals surface area contributed by atoms with Gasteiger partial charge in [-0.3, -0.25) is 4.79 Å². The third kappa shape index (κ3) is 5.12. The molecule has 0 spiro atoms. The smallest absolute Gasteiger partial charge is 0.394 e. The molecule has 0 saturated heterocycles. The second-order valence-corrected chi connectivity index (χ2v) is 3.69. The van der Waals surface area contributed by atoms with E-state index in [-0.39, 0.29) is 6.54 Å². The summed E-state index contributed by atoms with van der Waals surface area (Å²) in [7, 11) is 0. The van der Waals surface area contributed by atoms with E-state index in [2.05, 4.69) is 5.32 Å². The van der Waals surface area contributed by atoms with Crippen LogP contribution >= 0.6 is 0 Å². The number of aliphatic hydroxyl groups is 1. The molecule has 0 radical (unpaired) electrons. The van der Waals surface area contributed by atoms with E-state index < -0.39 is 18.0 Å². The Hall–Kier alpha value is -1.88. The highest BCUT2D eigenvalue weighted by Gasteiger charge is 2.12. The van der Waals surface area contributed by atoms with Gasteiger partial charge in [-0.25, -0.2) is 4.79 Å².